The minimum Gasteiger partial charge on any atom is -0.457 e. The second-order valence-corrected chi connectivity index (χ2v) is 11.2. The Morgan fingerprint density at radius 2 is 1.08 bits per heavy atom. The zero-order valence-electron chi connectivity index (χ0n) is 26.2. The molecule has 0 amide bonds. The van der Waals surface area contributed by atoms with E-state index >= 15 is 0 Å². The monoisotopic (exact) mass is 550 g/mol. The van der Waals surface area contributed by atoms with Crippen molar-refractivity contribution in [1.29, 1.82) is 0 Å². The van der Waals surface area contributed by atoms with Gasteiger partial charge in [0, 0.05) is 13.0 Å². The Labute approximate surface area is 243 Å². The molecule has 0 saturated heterocycles. The summed E-state index contributed by atoms with van der Waals surface area (Å²) < 4.78 is 11.1. The van der Waals surface area contributed by atoms with Crippen LogP contribution >= 0.6 is 0 Å². The van der Waals surface area contributed by atoms with E-state index in [2.05, 4.69) is 38.2 Å². The van der Waals surface area contributed by atoms with Gasteiger partial charge in [0.25, 0.3) is 0 Å². The fourth-order valence-electron chi connectivity index (χ4n) is 4.71. The Hall–Kier alpha value is -1.13. The Morgan fingerprint density at radius 3 is 1.62 bits per heavy atom. The van der Waals surface area contributed by atoms with Crippen LogP contribution < -0.4 is 0 Å². The summed E-state index contributed by atoms with van der Waals surface area (Å²) in [6, 6.07) is 0. The molecule has 0 heterocycles. The summed E-state index contributed by atoms with van der Waals surface area (Å²) in [4.78, 5) is 12.1. The maximum atomic E-state index is 12.1. The first-order chi connectivity index (χ1) is 19.2. The number of aliphatic hydroxyl groups is 1. The topological polar surface area (TPSA) is 55.8 Å². The van der Waals surface area contributed by atoms with Gasteiger partial charge >= 0.3 is 5.97 Å². The van der Waals surface area contributed by atoms with Crippen molar-refractivity contribution in [2.45, 2.75) is 174 Å². The van der Waals surface area contributed by atoms with Crippen molar-refractivity contribution in [1.82, 2.24) is 0 Å². The summed E-state index contributed by atoms with van der Waals surface area (Å²) in [6.07, 6.45) is 37.7. The molecule has 1 N–H and O–H groups in total. The van der Waals surface area contributed by atoms with E-state index in [9.17, 15) is 9.90 Å². The molecule has 0 spiro atoms. The minimum atomic E-state index is -0.534. The summed E-state index contributed by atoms with van der Waals surface area (Å²) in [6.45, 7) is 5.31. The number of esters is 1. The van der Waals surface area contributed by atoms with Crippen molar-refractivity contribution in [2.24, 2.45) is 0 Å². The zero-order valence-corrected chi connectivity index (χ0v) is 26.2. The van der Waals surface area contributed by atoms with Crippen molar-refractivity contribution in [2.75, 3.05) is 19.8 Å². The van der Waals surface area contributed by atoms with Gasteiger partial charge in [0.2, 0.25) is 0 Å². The van der Waals surface area contributed by atoms with Crippen molar-refractivity contribution < 1.29 is 19.4 Å². The first-order valence-corrected chi connectivity index (χ1v) is 16.9. The zero-order chi connectivity index (χ0) is 28.5. The molecule has 0 fully saturated rings. The molecular formula is C35H66O4. The molecule has 0 aromatic heterocycles. The highest BCUT2D eigenvalue weighted by Crippen LogP contribution is 2.12. The maximum Gasteiger partial charge on any atom is 0.306 e. The molecule has 0 aliphatic carbocycles. The van der Waals surface area contributed by atoms with E-state index < -0.39 is 6.10 Å². The van der Waals surface area contributed by atoms with Crippen LogP contribution in [0.2, 0.25) is 0 Å². The number of allylic oxidation sites excluding steroid dienone is 4. The van der Waals surface area contributed by atoms with Crippen LogP contribution in [-0.4, -0.2) is 37.0 Å². The van der Waals surface area contributed by atoms with Gasteiger partial charge in [0.1, 0.15) is 6.10 Å². The highest BCUT2D eigenvalue weighted by Gasteiger charge is 2.13. The molecule has 0 radical (unpaired) electrons. The number of unbranched alkanes of at least 4 members (excludes halogenated alkanes) is 19. The van der Waals surface area contributed by atoms with Gasteiger partial charge in [-0.2, -0.15) is 0 Å². The molecule has 230 valence electrons. The number of rotatable bonds is 31. The molecule has 0 saturated carbocycles. The van der Waals surface area contributed by atoms with Crippen molar-refractivity contribution >= 4 is 5.97 Å². The van der Waals surface area contributed by atoms with Gasteiger partial charge < -0.3 is 14.6 Å². The van der Waals surface area contributed by atoms with Crippen LogP contribution in [0.1, 0.15) is 168 Å². The average molecular weight is 551 g/mol. The molecule has 0 bridgehead atoms. The van der Waals surface area contributed by atoms with Gasteiger partial charge in [-0.1, -0.05) is 141 Å². The summed E-state index contributed by atoms with van der Waals surface area (Å²) >= 11 is 0. The quantitative estimate of drug-likeness (QED) is 0.0530. The number of hydrogen-bond acceptors (Lipinski definition) is 4. The Balaban J connectivity index is 3.48. The molecule has 0 rings (SSSR count). The number of ether oxygens (including phenoxy) is 2. The number of carbonyl (C=O) groups is 1. The summed E-state index contributed by atoms with van der Waals surface area (Å²) in [5.74, 6) is -0.214. The van der Waals surface area contributed by atoms with Gasteiger partial charge in [-0.15, -0.1) is 0 Å². The Bertz CT molecular complexity index is 543. The third-order valence-corrected chi connectivity index (χ3v) is 7.28. The van der Waals surface area contributed by atoms with E-state index in [1.807, 2.05) is 0 Å². The highest BCUT2D eigenvalue weighted by molar-refractivity contribution is 5.69. The van der Waals surface area contributed by atoms with Crippen LogP contribution in [0, 0.1) is 0 Å². The Morgan fingerprint density at radius 1 is 0.615 bits per heavy atom. The fraction of sp³-hybridized carbons (Fsp3) is 0.857. The SMILES string of the molecule is CCCCCC/C=C\C/C=C\CCCCCCCC(=O)OC(CO)COCCCCCCCCCCCCC. The third kappa shape index (κ3) is 31.3. The van der Waals surface area contributed by atoms with Crippen molar-refractivity contribution in [3.8, 4) is 0 Å². The Kier molecular flexibility index (Phi) is 32.1. The summed E-state index contributed by atoms with van der Waals surface area (Å²) in [5, 5.41) is 9.51. The second kappa shape index (κ2) is 33.1. The standard InChI is InChI=1S/C35H66O4/c1-3-5-7-9-11-13-15-16-17-18-19-20-22-24-26-28-30-35(37)39-34(32-36)33-38-31-29-27-25-23-21-14-12-10-8-6-4-2/h13,15,17-18,34,36H,3-12,14,16,19-33H2,1-2H3/b15-13-,18-17-. The van der Waals surface area contributed by atoms with Crippen LogP contribution in [0.25, 0.3) is 0 Å². The lowest BCUT2D eigenvalue weighted by atomic mass is 10.1. The highest BCUT2D eigenvalue weighted by atomic mass is 16.6. The van der Waals surface area contributed by atoms with Gasteiger partial charge in [-0.25, -0.2) is 0 Å². The second-order valence-electron chi connectivity index (χ2n) is 11.2. The van der Waals surface area contributed by atoms with E-state index in [1.165, 1.54) is 109 Å². The summed E-state index contributed by atoms with van der Waals surface area (Å²) in [5.41, 5.74) is 0. The lowest BCUT2D eigenvalue weighted by molar-refractivity contribution is -0.154. The molecule has 0 aliphatic rings. The first kappa shape index (κ1) is 37.9. The van der Waals surface area contributed by atoms with Crippen molar-refractivity contribution in [3.05, 3.63) is 24.3 Å². The van der Waals surface area contributed by atoms with Gasteiger partial charge in [-0.05, 0) is 44.9 Å². The lowest BCUT2D eigenvalue weighted by Gasteiger charge is -2.15. The predicted molar refractivity (Wildman–Crippen MR) is 168 cm³/mol. The van der Waals surface area contributed by atoms with Crippen LogP contribution in [0.15, 0.2) is 24.3 Å². The molecule has 0 aromatic carbocycles. The fourth-order valence-corrected chi connectivity index (χ4v) is 4.71. The number of hydrogen-bond donors (Lipinski definition) is 1. The molecule has 1 unspecified atom stereocenters. The number of aliphatic hydroxyl groups excluding tert-OH is 1. The van der Waals surface area contributed by atoms with E-state index in [0.29, 0.717) is 19.6 Å². The van der Waals surface area contributed by atoms with E-state index in [4.69, 9.17) is 9.47 Å². The summed E-state index contributed by atoms with van der Waals surface area (Å²) in [7, 11) is 0. The number of carbonyl (C=O) groups excluding carboxylic acids is 1. The molecule has 0 aliphatic heterocycles. The van der Waals surface area contributed by atoms with Crippen LogP contribution in [0.3, 0.4) is 0 Å². The van der Waals surface area contributed by atoms with Crippen LogP contribution in [-0.2, 0) is 14.3 Å². The lowest BCUT2D eigenvalue weighted by Crippen LogP contribution is -2.27. The molecular weight excluding hydrogens is 484 g/mol. The van der Waals surface area contributed by atoms with Crippen LogP contribution in [0.4, 0.5) is 0 Å². The maximum absolute atomic E-state index is 12.1. The minimum absolute atomic E-state index is 0.174. The van der Waals surface area contributed by atoms with Crippen molar-refractivity contribution in [3.63, 3.8) is 0 Å². The first-order valence-electron chi connectivity index (χ1n) is 16.9. The van der Waals surface area contributed by atoms with E-state index in [-0.39, 0.29) is 12.6 Å². The smallest absolute Gasteiger partial charge is 0.306 e. The molecule has 1 atom stereocenters. The van der Waals surface area contributed by atoms with Crippen LogP contribution in [0.5, 0.6) is 0 Å². The largest absolute Gasteiger partial charge is 0.457 e. The predicted octanol–water partition coefficient (Wildman–Crippen LogP) is 10.4. The van der Waals surface area contributed by atoms with Gasteiger partial charge in [0.05, 0.1) is 13.2 Å². The molecule has 39 heavy (non-hydrogen) atoms. The molecule has 4 heteroatoms. The van der Waals surface area contributed by atoms with E-state index in [1.54, 1.807) is 0 Å². The normalized spacial score (nSPS) is 12.6. The molecule has 4 nitrogen and oxygen atoms in total. The average Bonchev–Trinajstić information content (AvgIpc) is 2.94. The van der Waals surface area contributed by atoms with E-state index in [0.717, 1.165) is 38.5 Å². The third-order valence-electron chi connectivity index (χ3n) is 7.28. The van der Waals surface area contributed by atoms with Gasteiger partial charge in [0.15, 0.2) is 0 Å². The van der Waals surface area contributed by atoms with Gasteiger partial charge in [-0.3, -0.25) is 4.79 Å². The molecule has 0 aromatic rings.